The molecular formula is C15H19F4N. The van der Waals surface area contributed by atoms with Gasteiger partial charge in [0.15, 0.2) is 0 Å². The van der Waals surface area contributed by atoms with Gasteiger partial charge in [0.1, 0.15) is 5.82 Å². The zero-order chi connectivity index (χ0) is 15.0. The molecule has 1 saturated carbocycles. The van der Waals surface area contributed by atoms with Gasteiger partial charge in [-0.1, -0.05) is 20.3 Å². The SMILES string of the molecule is CC1(C)CCCC(Nc2ccc(F)c(C(F)(F)F)c2)C1. The second-order valence-corrected chi connectivity index (χ2v) is 6.29. The number of anilines is 1. The number of halogens is 4. The Morgan fingerprint density at radius 1 is 1.25 bits per heavy atom. The van der Waals surface area contributed by atoms with Crippen LogP contribution in [0.25, 0.3) is 0 Å². The number of hydrogen-bond donors (Lipinski definition) is 1. The lowest BCUT2D eigenvalue weighted by atomic mass is 9.75. The quantitative estimate of drug-likeness (QED) is 0.735. The molecule has 2 rings (SSSR count). The van der Waals surface area contributed by atoms with Crippen LogP contribution < -0.4 is 5.32 Å². The molecule has 1 aliphatic rings. The second kappa shape index (κ2) is 5.26. The van der Waals surface area contributed by atoms with Crippen LogP contribution in [0.1, 0.15) is 45.1 Å². The molecule has 1 aromatic carbocycles. The van der Waals surface area contributed by atoms with Crippen molar-refractivity contribution in [2.45, 2.75) is 51.7 Å². The Morgan fingerprint density at radius 2 is 1.95 bits per heavy atom. The molecule has 5 heteroatoms. The standard InChI is InChI=1S/C15H19F4N/c1-14(2)7-3-4-11(9-14)20-10-5-6-13(16)12(8-10)15(17,18)19/h5-6,8,11,20H,3-4,7,9H2,1-2H3. The van der Waals surface area contributed by atoms with Crippen molar-refractivity contribution in [2.24, 2.45) is 5.41 Å². The van der Waals surface area contributed by atoms with E-state index in [0.717, 1.165) is 37.8 Å². The van der Waals surface area contributed by atoms with E-state index in [9.17, 15) is 17.6 Å². The largest absolute Gasteiger partial charge is 0.419 e. The summed E-state index contributed by atoms with van der Waals surface area (Å²) in [6, 6.07) is 3.24. The Morgan fingerprint density at radius 3 is 2.55 bits per heavy atom. The first-order chi connectivity index (χ1) is 9.17. The smallest absolute Gasteiger partial charge is 0.382 e. The summed E-state index contributed by atoms with van der Waals surface area (Å²) in [6.45, 7) is 4.32. The molecule has 0 saturated heterocycles. The highest BCUT2D eigenvalue weighted by molar-refractivity contribution is 5.48. The van der Waals surface area contributed by atoms with Gasteiger partial charge in [-0.05, 0) is 42.9 Å². The Bertz CT molecular complexity index is 479. The van der Waals surface area contributed by atoms with Gasteiger partial charge in [0.05, 0.1) is 5.56 Å². The van der Waals surface area contributed by atoms with Gasteiger partial charge < -0.3 is 5.32 Å². The second-order valence-electron chi connectivity index (χ2n) is 6.29. The van der Waals surface area contributed by atoms with E-state index in [1.807, 2.05) is 0 Å². The first kappa shape index (κ1) is 15.1. The summed E-state index contributed by atoms with van der Waals surface area (Å²) in [5, 5.41) is 3.11. The number of benzene rings is 1. The average molecular weight is 289 g/mol. The van der Waals surface area contributed by atoms with Crippen LogP contribution in [0.2, 0.25) is 0 Å². The van der Waals surface area contributed by atoms with E-state index in [2.05, 4.69) is 19.2 Å². The Labute approximate surface area is 116 Å². The van der Waals surface area contributed by atoms with Crippen molar-refractivity contribution in [3.63, 3.8) is 0 Å². The third-order valence-corrected chi connectivity index (χ3v) is 3.85. The van der Waals surface area contributed by atoms with Gasteiger partial charge in [-0.15, -0.1) is 0 Å². The molecule has 1 atom stereocenters. The first-order valence-electron chi connectivity index (χ1n) is 6.81. The minimum absolute atomic E-state index is 0.144. The fourth-order valence-corrected chi connectivity index (χ4v) is 2.89. The normalized spacial score (nSPS) is 22.6. The molecule has 1 N–H and O–H groups in total. The molecule has 0 amide bonds. The van der Waals surface area contributed by atoms with Crippen LogP contribution in [-0.4, -0.2) is 6.04 Å². The van der Waals surface area contributed by atoms with Crippen molar-refractivity contribution in [1.82, 2.24) is 0 Å². The van der Waals surface area contributed by atoms with E-state index in [-0.39, 0.29) is 11.5 Å². The molecule has 0 spiro atoms. The molecule has 0 radical (unpaired) electrons. The van der Waals surface area contributed by atoms with Gasteiger partial charge in [-0.3, -0.25) is 0 Å². The van der Waals surface area contributed by atoms with Gasteiger partial charge in [0.25, 0.3) is 0 Å². The van der Waals surface area contributed by atoms with E-state index in [4.69, 9.17) is 0 Å². The molecule has 1 fully saturated rings. The van der Waals surface area contributed by atoms with Crippen molar-refractivity contribution >= 4 is 5.69 Å². The summed E-state index contributed by atoms with van der Waals surface area (Å²) in [6.07, 6.45) is -0.637. The monoisotopic (exact) mass is 289 g/mol. The van der Waals surface area contributed by atoms with Crippen LogP contribution in [-0.2, 0) is 6.18 Å². The maximum absolute atomic E-state index is 13.2. The first-order valence-corrected chi connectivity index (χ1v) is 6.81. The van der Waals surface area contributed by atoms with Crippen molar-refractivity contribution in [2.75, 3.05) is 5.32 Å². The van der Waals surface area contributed by atoms with Gasteiger partial charge in [0, 0.05) is 11.7 Å². The van der Waals surface area contributed by atoms with Gasteiger partial charge >= 0.3 is 6.18 Å². The molecule has 1 aromatic rings. The van der Waals surface area contributed by atoms with Crippen LogP contribution in [0.5, 0.6) is 0 Å². The molecule has 1 aliphatic carbocycles. The van der Waals surface area contributed by atoms with Crippen LogP contribution in [0.15, 0.2) is 18.2 Å². The summed E-state index contributed by atoms with van der Waals surface area (Å²) < 4.78 is 51.2. The summed E-state index contributed by atoms with van der Waals surface area (Å²) in [7, 11) is 0. The molecule has 112 valence electrons. The summed E-state index contributed by atoms with van der Waals surface area (Å²) >= 11 is 0. The van der Waals surface area contributed by atoms with E-state index in [1.165, 1.54) is 6.07 Å². The molecule has 1 nitrogen and oxygen atoms in total. The fraction of sp³-hybridized carbons (Fsp3) is 0.600. The highest BCUT2D eigenvalue weighted by Crippen LogP contribution is 2.37. The van der Waals surface area contributed by atoms with Crippen LogP contribution >= 0.6 is 0 Å². The lowest BCUT2D eigenvalue weighted by molar-refractivity contribution is -0.139. The maximum Gasteiger partial charge on any atom is 0.419 e. The molecule has 1 unspecified atom stereocenters. The van der Waals surface area contributed by atoms with Crippen LogP contribution in [0, 0.1) is 11.2 Å². The lowest BCUT2D eigenvalue weighted by Crippen LogP contribution is -2.31. The minimum atomic E-state index is -4.66. The predicted octanol–water partition coefficient (Wildman–Crippen LogP) is 5.23. The fourth-order valence-electron chi connectivity index (χ4n) is 2.89. The number of rotatable bonds is 2. The number of alkyl halides is 3. The average Bonchev–Trinajstić information content (AvgIpc) is 2.29. The summed E-state index contributed by atoms with van der Waals surface area (Å²) in [5.41, 5.74) is -0.679. The molecule has 0 bridgehead atoms. The molecular weight excluding hydrogens is 270 g/mol. The Hall–Kier alpha value is -1.26. The van der Waals surface area contributed by atoms with Crippen molar-refractivity contribution in [3.05, 3.63) is 29.6 Å². The zero-order valence-electron chi connectivity index (χ0n) is 11.6. The predicted molar refractivity (Wildman–Crippen MR) is 71.1 cm³/mol. The highest BCUT2D eigenvalue weighted by atomic mass is 19.4. The zero-order valence-corrected chi connectivity index (χ0v) is 11.6. The molecule has 0 aromatic heterocycles. The number of nitrogens with one attached hydrogen (secondary N) is 1. The lowest BCUT2D eigenvalue weighted by Gasteiger charge is -2.36. The van der Waals surface area contributed by atoms with Gasteiger partial charge in [-0.2, -0.15) is 13.2 Å². The van der Waals surface area contributed by atoms with E-state index in [1.54, 1.807) is 0 Å². The third-order valence-electron chi connectivity index (χ3n) is 3.85. The van der Waals surface area contributed by atoms with Crippen molar-refractivity contribution in [3.8, 4) is 0 Å². The van der Waals surface area contributed by atoms with Crippen molar-refractivity contribution < 1.29 is 17.6 Å². The van der Waals surface area contributed by atoms with Crippen LogP contribution in [0.3, 0.4) is 0 Å². The van der Waals surface area contributed by atoms with Gasteiger partial charge in [0.2, 0.25) is 0 Å². The topological polar surface area (TPSA) is 12.0 Å². The molecule has 0 heterocycles. The number of hydrogen-bond acceptors (Lipinski definition) is 1. The van der Waals surface area contributed by atoms with E-state index < -0.39 is 17.6 Å². The van der Waals surface area contributed by atoms with Crippen molar-refractivity contribution in [1.29, 1.82) is 0 Å². The van der Waals surface area contributed by atoms with Gasteiger partial charge in [-0.25, -0.2) is 4.39 Å². The Kier molecular flexibility index (Phi) is 3.98. The highest BCUT2D eigenvalue weighted by Gasteiger charge is 2.34. The minimum Gasteiger partial charge on any atom is -0.382 e. The summed E-state index contributed by atoms with van der Waals surface area (Å²) in [5.74, 6) is -1.23. The molecule has 0 aliphatic heterocycles. The van der Waals surface area contributed by atoms with Crippen LogP contribution in [0.4, 0.5) is 23.2 Å². The maximum atomic E-state index is 13.2. The Balaban J connectivity index is 2.14. The van der Waals surface area contributed by atoms with E-state index in [0.29, 0.717) is 5.69 Å². The molecule has 20 heavy (non-hydrogen) atoms. The summed E-state index contributed by atoms with van der Waals surface area (Å²) in [4.78, 5) is 0. The van der Waals surface area contributed by atoms with E-state index >= 15 is 0 Å². The third kappa shape index (κ3) is 3.64.